The zero-order valence-corrected chi connectivity index (χ0v) is 7.75. The fourth-order valence-corrected chi connectivity index (χ4v) is 2.13. The lowest BCUT2D eigenvalue weighted by atomic mass is 10.2. The summed E-state index contributed by atoms with van der Waals surface area (Å²) in [6.07, 6.45) is 1.74. The molecule has 3 nitrogen and oxygen atoms in total. The van der Waals surface area contributed by atoms with Crippen LogP contribution in [-0.4, -0.2) is 49.8 Å². The van der Waals surface area contributed by atoms with Gasteiger partial charge in [-0.25, -0.2) is 0 Å². The Morgan fingerprint density at radius 2 is 2.42 bits per heavy atom. The normalized spacial score (nSPS) is 38.8. The topological polar surface area (TPSA) is 24.5 Å². The molecule has 2 fully saturated rings. The van der Waals surface area contributed by atoms with Crippen LogP contribution in [0.4, 0.5) is 0 Å². The fourth-order valence-electron chi connectivity index (χ4n) is 2.13. The van der Waals surface area contributed by atoms with Crippen LogP contribution in [0.15, 0.2) is 0 Å². The maximum Gasteiger partial charge on any atom is 0.0674 e. The van der Waals surface area contributed by atoms with E-state index in [1.54, 1.807) is 0 Å². The van der Waals surface area contributed by atoms with Gasteiger partial charge in [-0.05, 0) is 19.9 Å². The number of nitrogens with one attached hydrogen (secondary N) is 1. The van der Waals surface area contributed by atoms with Gasteiger partial charge in [-0.3, -0.25) is 4.90 Å². The molecular formula is C9H18N2O. The zero-order valence-electron chi connectivity index (χ0n) is 7.75. The average molecular weight is 170 g/mol. The van der Waals surface area contributed by atoms with Gasteiger partial charge in [-0.1, -0.05) is 0 Å². The van der Waals surface area contributed by atoms with E-state index in [1.807, 2.05) is 0 Å². The van der Waals surface area contributed by atoms with Gasteiger partial charge in [0.15, 0.2) is 0 Å². The highest BCUT2D eigenvalue weighted by molar-refractivity contribution is 4.83. The molecule has 0 saturated carbocycles. The van der Waals surface area contributed by atoms with Crippen molar-refractivity contribution in [3.05, 3.63) is 0 Å². The molecule has 0 bridgehead atoms. The Balaban J connectivity index is 1.85. The molecule has 2 aliphatic rings. The highest BCUT2D eigenvalue weighted by atomic mass is 16.5. The molecular weight excluding hydrogens is 152 g/mol. The molecule has 3 heteroatoms. The van der Waals surface area contributed by atoms with E-state index in [2.05, 4.69) is 17.1 Å². The number of morpholine rings is 1. The average Bonchev–Trinajstić information content (AvgIpc) is 2.56. The minimum absolute atomic E-state index is 0.430. The fraction of sp³-hybridized carbons (Fsp3) is 1.00. The Bertz CT molecular complexity index is 145. The molecule has 2 aliphatic heterocycles. The summed E-state index contributed by atoms with van der Waals surface area (Å²) in [5, 5.41) is 3.40. The summed E-state index contributed by atoms with van der Waals surface area (Å²) in [5.41, 5.74) is 0. The zero-order chi connectivity index (χ0) is 8.39. The van der Waals surface area contributed by atoms with Crippen molar-refractivity contribution in [2.45, 2.75) is 25.5 Å². The Kier molecular flexibility index (Phi) is 2.63. The summed E-state index contributed by atoms with van der Waals surface area (Å²) in [6.45, 7) is 7.68. The smallest absolute Gasteiger partial charge is 0.0674 e. The summed E-state index contributed by atoms with van der Waals surface area (Å²) in [5.74, 6) is 0. The van der Waals surface area contributed by atoms with E-state index in [4.69, 9.17) is 4.74 Å². The lowest BCUT2D eigenvalue weighted by molar-refractivity contribution is -0.0311. The van der Waals surface area contributed by atoms with E-state index in [1.165, 1.54) is 19.5 Å². The first kappa shape index (κ1) is 8.48. The predicted molar refractivity (Wildman–Crippen MR) is 48.3 cm³/mol. The Labute approximate surface area is 74.1 Å². The Morgan fingerprint density at radius 1 is 1.50 bits per heavy atom. The van der Waals surface area contributed by atoms with Crippen LogP contribution in [0.3, 0.4) is 0 Å². The monoisotopic (exact) mass is 170 g/mol. The summed E-state index contributed by atoms with van der Waals surface area (Å²) < 4.78 is 5.51. The number of hydrogen-bond donors (Lipinski definition) is 1. The molecule has 0 amide bonds. The molecule has 2 rings (SSSR count). The number of nitrogens with zero attached hydrogens (tertiary/aromatic N) is 1. The molecule has 2 atom stereocenters. The van der Waals surface area contributed by atoms with Crippen LogP contribution in [0, 0.1) is 0 Å². The third-order valence-corrected chi connectivity index (χ3v) is 2.82. The molecule has 0 aliphatic carbocycles. The highest BCUT2D eigenvalue weighted by Gasteiger charge is 2.26. The summed E-state index contributed by atoms with van der Waals surface area (Å²) >= 11 is 0. The van der Waals surface area contributed by atoms with Gasteiger partial charge < -0.3 is 10.1 Å². The van der Waals surface area contributed by atoms with Gasteiger partial charge >= 0.3 is 0 Å². The second kappa shape index (κ2) is 3.73. The van der Waals surface area contributed by atoms with Gasteiger partial charge in [-0.2, -0.15) is 0 Å². The van der Waals surface area contributed by atoms with Crippen LogP contribution in [0.5, 0.6) is 0 Å². The first-order valence-electron chi connectivity index (χ1n) is 4.92. The Hall–Kier alpha value is -0.120. The minimum Gasteiger partial charge on any atom is -0.376 e. The van der Waals surface area contributed by atoms with E-state index < -0.39 is 0 Å². The van der Waals surface area contributed by atoms with E-state index in [9.17, 15) is 0 Å². The van der Waals surface area contributed by atoms with Crippen molar-refractivity contribution in [1.29, 1.82) is 0 Å². The summed E-state index contributed by atoms with van der Waals surface area (Å²) in [6, 6.07) is 0.774. The highest BCUT2D eigenvalue weighted by Crippen LogP contribution is 2.13. The molecule has 2 saturated heterocycles. The second-order valence-electron chi connectivity index (χ2n) is 3.82. The molecule has 0 aromatic heterocycles. The molecule has 70 valence electrons. The molecule has 0 aromatic carbocycles. The molecule has 1 N–H and O–H groups in total. The van der Waals surface area contributed by atoms with Gasteiger partial charge in [0.25, 0.3) is 0 Å². The molecule has 0 aromatic rings. The Morgan fingerprint density at radius 3 is 3.08 bits per heavy atom. The number of rotatable bonds is 1. The quantitative estimate of drug-likeness (QED) is 0.602. The first-order valence-corrected chi connectivity index (χ1v) is 4.92. The number of hydrogen-bond acceptors (Lipinski definition) is 3. The lowest BCUT2D eigenvalue weighted by Crippen LogP contribution is -2.47. The van der Waals surface area contributed by atoms with Gasteiger partial charge in [0.1, 0.15) is 0 Å². The molecule has 12 heavy (non-hydrogen) atoms. The lowest BCUT2D eigenvalue weighted by Gasteiger charge is -2.35. The summed E-state index contributed by atoms with van der Waals surface area (Å²) in [4.78, 5) is 2.56. The van der Waals surface area contributed by atoms with E-state index in [0.29, 0.717) is 6.10 Å². The van der Waals surface area contributed by atoms with Crippen LogP contribution in [0.25, 0.3) is 0 Å². The standard InChI is InChI=1S/C9H18N2O/c1-8-7-11(4-5-12-8)9-2-3-10-6-9/h8-10H,2-7H2,1H3/t8-,9+/m0/s1. The van der Waals surface area contributed by atoms with Crippen LogP contribution in [0.1, 0.15) is 13.3 Å². The van der Waals surface area contributed by atoms with Crippen molar-refractivity contribution in [1.82, 2.24) is 10.2 Å². The maximum atomic E-state index is 5.51. The SMILES string of the molecule is C[C@H]1CN([C@@H]2CCNC2)CCO1. The van der Waals surface area contributed by atoms with Crippen LogP contribution in [0.2, 0.25) is 0 Å². The second-order valence-corrected chi connectivity index (χ2v) is 3.82. The van der Waals surface area contributed by atoms with Gasteiger partial charge in [0.2, 0.25) is 0 Å². The third-order valence-electron chi connectivity index (χ3n) is 2.82. The van der Waals surface area contributed by atoms with Crippen molar-refractivity contribution in [3.63, 3.8) is 0 Å². The first-order chi connectivity index (χ1) is 5.86. The number of ether oxygens (including phenoxy) is 1. The van der Waals surface area contributed by atoms with Crippen molar-refractivity contribution in [3.8, 4) is 0 Å². The van der Waals surface area contributed by atoms with E-state index in [-0.39, 0.29) is 0 Å². The van der Waals surface area contributed by atoms with Crippen LogP contribution in [-0.2, 0) is 4.74 Å². The van der Waals surface area contributed by atoms with Gasteiger partial charge in [0.05, 0.1) is 12.7 Å². The summed E-state index contributed by atoms with van der Waals surface area (Å²) in [7, 11) is 0. The van der Waals surface area contributed by atoms with Crippen molar-refractivity contribution in [2.24, 2.45) is 0 Å². The van der Waals surface area contributed by atoms with E-state index in [0.717, 1.165) is 25.7 Å². The maximum absolute atomic E-state index is 5.51. The third kappa shape index (κ3) is 1.79. The van der Waals surface area contributed by atoms with Crippen LogP contribution >= 0.6 is 0 Å². The molecule has 0 spiro atoms. The van der Waals surface area contributed by atoms with Crippen molar-refractivity contribution < 1.29 is 4.74 Å². The van der Waals surface area contributed by atoms with Gasteiger partial charge in [0, 0.05) is 25.7 Å². The predicted octanol–water partition coefficient (Wildman–Crippen LogP) is 0.0690. The van der Waals surface area contributed by atoms with E-state index >= 15 is 0 Å². The minimum atomic E-state index is 0.430. The molecule has 2 heterocycles. The van der Waals surface area contributed by atoms with Crippen molar-refractivity contribution >= 4 is 0 Å². The molecule has 0 radical (unpaired) electrons. The van der Waals surface area contributed by atoms with Crippen molar-refractivity contribution in [2.75, 3.05) is 32.8 Å². The largest absolute Gasteiger partial charge is 0.376 e. The van der Waals surface area contributed by atoms with Crippen LogP contribution < -0.4 is 5.32 Å². The van der Waals surface area contributed by atoms with Gasteiger partial charge in [-0.15, -0.1) is 0 Å². The molecule has 0 unspecified atom stereocenters.